The number of nitrogens with zero attached hydrogens (tertiary/aromatic N) is 6. The predicted octanol–water partition coefficient (Wildman–Crippen LogP) is 7.12. The van der Waals surface area contributed by atoms with Crippen LogP contribution in [0.2, 0.25) is 0 Å². The Kier molecular flexibility index (Phi) is 13.2. The number of carbonyl (C=O) groups excluding carboxylic acids is 4. The third-order valence-corrected chi connectivity index (χ3v) is 13.4. The Morgan fingerprint density at radius 3 is 1.40 bits per heavy atom. The molecule has 324 valence electrons. The third-order valence-electron chi connectivity index (χ3n) is 11.3. The number of benzene rings is 2. The van der Waals surface area contributed by atoms with Crippen molar-refractivity contribution in [3.05, 3.63) is 83.2 Å². The number of aryl methyl sites for hydroxylation is 2. The number of pyridine rings is 2. The van der Waals surface area contributed by atoms with E-state index < -0.39 is 23.6 Å². The Hall–Kier alpha value is -6.40. The lowest BCUT2D eigenvalue weighted by Crippen LogP contribution is -2.46. The Labute approximate surface area is 367 Å². The lowest BCUT2D eigenvalue weighted by molar-refractivity contribution is -0.146. The topological polar surface area (TPSA) is 226 Å². The number of nitrogens with one attached hydrogen (secondary N) is 4. The molecule has 4 amide bonds. The smallest absolute Gasteiger partial charge is 0.313 e. The number of rotatable bonds is 6. The fraction of sp³-hybridized carbons (Fsp3) is 0.364. The van der Waals surface area contributed by atoms with Gasteiger partial charge in [0.05, 0.1) is 56.3 Å². The number of piperidine rings is 2. The number of anilines is 6. The van der Waals surface area contributed by atoms with E-state index in [1.807, 2.05) is 50.5 Å². The number of aromatic nitrogens is 4. The van der Waals surface area contributed by atoms with Gasteiger partial charge in [0.15, 0.2) is 10.3 Å². The zero-order chi connectivity index (χ0) is 44.2. The first-order valence-electron chi connectivity index (χ1n) is 20.6. The SMILES string of the molecule is CNc1nc2cc([C@@H]3CC[C@@H](C)CN3C(=O)C(=O)Nc3cnc(N)c(C)c3)ccc2s1.CNc1nc2cc([C@H]3CC[C@H](C)CN3C(=O)C(=O)Nc3cnc(N)c(C)c3)ccc2s1. The molecule has 2 aliphatic rings. The minimum absolute atomic E-state index is 0.162. The maximum Gasteiger partial charge on any atom is 0.313 e. The van der Waals surface area contributed by atoms with Crippen LogP contribution >= 0.6 is 22.7 Å². The number of likely N-dealkylation sites (tertiary alicyclic amines) is 2. The molecule has 2 saturated heterocycles. The largest absolute Gasteiger partial charge is 0.383 e. The van der Waals surface area contributed by atoms with Crippen LogP contribution in [-0.2, 0) is 19.2 Å². The van der Waals surface area contributed by atoms with E-state index in [-0.39, 0.29) is 12.1 Å². The van der Waals surface area contributed by atoms with Crippen LogP contribution in [0.1, 0.15) is 73.9 Å². The quantitative estimate of drug-likeness (QED) is 0.0920. The second-order valence-corrected chi connectivity index (χ2v) is 18.1. The van der Waals surface area contributed by atoms with Crippen molar-refractivity contribution in [1.82, 2.24) is 29.7 Å². The van der Waals surface area contributed by atoms with Gasteiger partial charge < -0.3 is 42.5 Å². The van der Waals surface area contributed by atoms with Crippen LogP contribution in [0.25, 0.3) is 20.4 Å². The normalized spacial score (nSPS) is 18.7. The van der Waals surface area contributed by atoms with Gasteiger partial charge in [-0.3, -0.25) is 19.2 Å². The lowest BCUT2D eigenvalue weighted by atomic mass is 9.89. The molecule has 2 fully saturated rings. The molecule has 8 rings (SSSR count). The van der Waals surface area contributed by atoms with Crippen LogP contribution in [0.5, 0.6) is 0 Å². The van der Waals surface area contributed by atoms with Gasteiger partial charge in [0.2, 0.25) is 0 Å². The van der Waals surface area contributed by atoms with Crippen molar-refractivity contribution in [3.8, 4) is 0 Å². The predicted molar refractivity (Wildman–Crippen MR) is 248 cm³/mol. The highest BCUT2D eigenvalue weighted by Crippen LogP contribution is 2.38. The molecule has 18 heteroatoms. The van der Waals surface area contributed by atoms with E-state index in [4.69, 9.17) is 11.5 Å². The second kappa shape index (κ2) is 18.7. The monoisotopic (exact) mass is 876 g/mol. The molecule has 62 heavy (non-hydrogen) atoms. The number of nitrogen functional groups attached to an aromatic ring is 2. The first kappa shape index (κ1) is 43.7. The first-order valence-corrected chi connectivity index (χ1v) is 22.2. The van der Waals surface area contributed by atoms with Gasteiger partial charge in [-0.2, -0.15) is 0 Å². The van der Waals surface area contributed by atoms with E-state index in [2.05, 4.69) is 55.1 Å². The molecule has 6 heterocycles. The van der Waals surface area contributed by atoms with E-state index in [0.29, 0.717) is 47.9 Å². The first-order chi connectivity index (χ1) is 29.7. The summed E-state index contributed by atoms with van der Waals surface area (Å²) in [5.74, 6) is -0.976. The Balaban J connectivity index is 0.000000186. The van der Waals surface area contributed by atoms with E-state index in [9.17, 15) is 19.2 Å². The van der Waals surface area contributed by atoms with Crippen molar-refractivity contribution < 1.29 is 19.2 Å². The molecule has 16 nitrogen and oxygen atoms in total. The number of hydrogen-bond acceptors (Lipinski definition) is 14. The van der Waals surface area contributed by atoms with E-state index >= 15 is 0 Å². The molecule has 0 aliphatic carbocycles. The number of hydrogen-bond donors (Lipinski definition) is 6. The van der Waals surface area contributed by atoms with Gasteiger partial charge in [0.25, 0.3) is 0 Å². The van der Waals surface area contributed by atoms with Crippen molar-refractivity contribution >= 4 is 100 Å². The van der Waals surface area contributed by atoms with Gasteiger partial charge in [-0.1, -0.05) is 48.7 Å². The van der Waals surface area contributed by atoms with Gasteiger partial charge in [-0.15, -0.1) is 0 Å². The molecule has 2 aromatic carbocycles. The Morgan fingerprint density at radius 1 is 0.629 bits per heavy atom. The zero-order valence-corrected chi connectivity index (χ0v) is 37.2. The molecular weight excluding hydrogens is 825 g/mol. The molecule has 4 aromatic heterocycles. The van der Waals surface area contributed by atoms with Gasteiger partial charge in [0, 0.05) is 27.2 Å². The Bertz CT molecular complexity index is 2470. The minimum atomic E-state index is -0.669. The van der Waals surface area contributed by atoms with Crippen LogP contribution < -0.4 is 32.7 Å². The van der Waals surface area contributed by atoms with Crippen molar-refractivity contribution in [3.63, 3.8) is 0 Å². The number of amides is 4. The van der Waals surface area contributed by atoms with Crippen LogP contribution in [0.15, 0.2) is 60.9 Å². The van der Waals surface area contributed by atoms with E-state index in [1.165, 1.54) is 12.4 Å². The third kappa shape index (κ3) is 9.71. The minimum Gasteiger partial charge on any atom is -0.383 e. The number of nitrogens with two attached hydrogens (primary N) is 2. The average molecular weight is 877 g/mol. The molecular formula is C44H52N12O4S2. The zero-order valence-electron chi connectivity index (χ0n) is 35.6. The van der Waals surface area contributed by atoms with Gasteiger partial charge >= 0.3 is 23.6 Å². The molecule has 6 aromatic rings. The van der Waals surface area contributed by atoms with Crippen LogP contribution in [0, 0.1) is 25.7 Å². The summed E-state index contributed by atoms with van der Waals surface area (Å²) in [6.07, 6.45) is 6.51. The summed E-state index contributed by atoms with van der Waals surface area (Å²) < 4.78 is 2.17. The molecule has 2 aliphatic heterocycles. The number of carbonyl (C=O) groups is 4. The molecule has 4 atom stereocenters. The highest BCUT2D eigenvalue weighted by molar-refractivity contribution is 7.22. The molecule has 8 N–H and O–H groups in total. The summed E-state index contributed by atoms with van der Waals surface area (Å²) in [5.41, 5.74) is 17.7. The molecule has 0 radical (unpaired) electrons. The van der Waals surface area contributed by atoms with Gasteiger partial charge in [-0.25, -0.2) is 19.9 Å². The summed E-state index contributed by atoms with van der Waals surface area (Å²) >= 11 is 3.17. The number of fused-ring (bicyclic) bond motifs is 2. The second-order valence-electron chi connectivity index (χ2n) is 16.1. The highest BCUT2D eigenvalue weighted by Gasteiger charge is 2.36. The number of thiazole rings is 2. The molecule has 0 spiro atoms. The summed E-state index contributed by atoms with van der Waals surface area (Å²) in [6.45, 7) is 8.88. The lowest BCUT2D eigenvalue weighted by Gasteiger charge is -2.38. The van der Waals surface area contributed by atoms with Crippen LogP contribution in [0.4, 0.5) is 33.3 Å². The summed E-state index contributed by atoms with van der Waals surface area (Å²) in [7, 11) is 3.69. The fourth-order valence-electron chi connectivity index (χ4n) is 7.90. The Morgan fingerprint density at radius 2 is 1.03 bits per heavy atom. The standard InChI is InChI=1S/2C22H26N6O2S/c2*1-12-4-6-17(14-5-7-18-16(9-14)27-22(24-3)31-18)28(11-12)21(30)20(29)26-15-8-13(2)19(23)25-10-15/h2*5,7-10,12,17H,4,6,11H2,1-3H3,(H2,23,25)(H,24,27)(H,26,29)/t2*12-,17+/m10/s1. The molecule has 0 unspecified atom stereocenters. The fourth-order valence-corrected chi connectivity index (χ4v) is 9.50. The van der Waals surface area contributed by atoms with Crippen LogP contribution in [-0.4, -0.2) is 80.5 Å². The van der Waals surface area contributed by atoms with Crippen molar-refractivity contribution in [2.75, 3.05) is 59.9 Å². The van der Waals surface area contributed by atoms with Gasteiger partial charge in [0.1, 0.15) is 11.6 Å². The van der Waals surface area contributed by atoms with Crippen molar-refractivity contribution in [1.29, 1.82) is 0 Å². The van der Waals surface area contributed by atoms with Crippen molar-refractivity contribution in [2.45, 2.75) is 65.5 Å². The molecule has 0 saturated carbocycles. The van der Waals surface area contributed by atoms with E-state index in [1.54, 1.807) is 58.5 Å². The molecule has 0 bridgehead atoms. The maximum atomic E-state index is 13.1. The highest BCUT2D eigenvalue weighted by atomic mass is 32.1. The summed E-state index contributed by atoms with van der Waals surface area (Å²) in [6, 6.07) is 15.3. The summed E-state index contributed by atoms with van der Waals surface area (Å²) in [5, 5.41) is 13.2. The van der Waals surface area contributed by atoms with Crippen molar-refractivity contribution in [2.24, 2.45) is 11.8 Å². The average Bonchev–Trinajstić information content (AvgIpc) is 3.89. The summed E-state index contributed by atoms with van der Waals surface area (Å²) in [4.78, 5) is 72.5. The van der Waals surface area contributed by atoms with E-state index in [0.717, 1.165) is 78.6 Å². The van der Waals surface area contributed by atoms with Gasteiger partial charge in [-0.05, 0) is 110 Å². The van der Waals surface area contributed by atoms with Crippen LogP contribution in [0.3, 0.4) is 0 Å². The maximum absolute atomic E-state index is 13.1.